The van der Waals surface area contributed by atoms with Crippen LogP contribution in [-0.2, 0) is 4.79 Å². The zero-order valence-electron chi connectivity index (χ0n) is 12.6. The Hall–Kier alpha value is -0.570. The van der Waals surface area contributed by atoms with Crippen LogP contribution >= 0.6 is 0 Å². The maximum absolute atomic E-state index is 12.0. The van der Waals surface area contributed by atoms with Crippen LogP contribution in [0.1, 0.15) is 59.8 Å². The average molecular weight is 254 g/mol. The first-order valence-electron chi connectivity index (χ1n) is 7.24. The van der Waals surface area contributed by atoms with Gasteiger partial charge in [0.05, 0.1) is 0 Å². The van der Waals surface area contributed by atoms with Crippen LogP contribution in [0.15, 0.2) is 0 Å². The summed E-state index contributed by atoms with van der Waals surface area (Å²) in [5.74, 6) is 0.339. The minimum atomic E-state index is 0.203. The van der Waals surface area contributed by atoms with Crippen LogP contribution in [0.5, 0.6) is 0 Å². The molecule has 3 nitrogen and oxygen atoms in total. The van der Waals surface area contributed by atoms with Crippen molar-refractivity contribution in [3.05, 3.63) is 0 Å². The van der Waals surface area contributed by atoms with E-state index in [0.717, 1.165) is 38.8 Å². The molecule has 1 rings (SSSR count). The Balaban J connectivity index is 2.40. The average Bonchev–Trinajstić information content (AvgIpc) is 2.41. The van der Waals surface area contributed by atoms with E-state index in [-0.39, 0.29) is 5.41 Å². The summed E-state index contributed by atoms with van der Waals surface area (Å²) in [7, 11) is 0. The van der Waals surface area contributed by atoms with Crippen molar-refractivity contribution in [2.45, 2.75) is 59.8 Å². The predicted molar refractivity (Wildman–Crippen MR) is 76.3 cm³/mol. The monoisotopic (exact) mass is 254 g/mol. The molecule has 1 amide bonds. The van der Waals surface area contributed by atoms with Gasteiger partial charge in [-0.15, -0.1) is 0 Å². The zero-order chi connectivity index (χ0) is 13.8. The van der Waals surface area contributed by atoms with E-state index < -0.39 is 0 Å². The molecule has 0 aliphatic carbocycles. The molecule has 0 unspecified atom stereocenters. The molecule has 1 heterocycles. The lowest BCUT2D eigenvalue weighted by atomic mass is 9.85. The molecule has 0 atom stereocenters. The number of hydrogen-bond donors (Lipinski definition) is 1. The molecule has 1 aliphatic heterocycles. The minimum absolute atomic E-state index is 0.203. The van der Waals surface area contributed by atoms with E-state index in [0.29, 0.717) is 24.3 Å². The first-order chi connectivity index (χ1) is 8.26. The second-order valence-corrected chi connectivity index (χ2v) is 7.27. The van der Waals surface area contributed by atoms with Gasteiger partial charge in [-0.05, 0) is 43.1 Å². The number of nitrogens with zero attached hydrogens (tertiary/aromatic N) is 1. The third-order valence-electron chi connectivity index (χ3n) is 4.26. The van der Waals surface area contributed by atoms with Crippen molar-refractivity contribution < 1.29 is 4.79 Å². The summed E-state index contributed by atoms with van der Waals surface area (Å²) in [6, 6.07) is 0. The van der Waals surface area contributed by atoms with E-state index in [4.69, 9.17) is 5.73 Å². The highest BCUT2D eigenvalue weighted by molar-refractivity contribution is 5.76. The molecule has 0 aromatic carbocycles. The maximum Gasteiger partial charge on any atom is 0.222 e. The van der Waals surface area contributed by atoms with E-state index in [1.54, 1.807) is 0 Å². The number of rotatable bonds is 5. The molecule has 3 heteroatoms. The highest BCUT2D eigenvalue weighted by Crippen LogP contribution is 2.30. The SMILES string of the molecule is CC(C)(CN)CCCN1CCC(C)(C)CCC1=O. The summed E-state index contributed by atoms with van der Waals surface area (Å²) in [6.45, 7) is 11.5. The molecule has 0 spiro atoms. The molecule has 0 saturated carbocycles. The van der Waals surface area contributed by atoms with Crippen molar-refractivity contribution in [2.75, 3.05) is 19.6 Å². The van der Waals surface area contributed by atoms with E-state index in [1.807, 2.05) is 0 Å². The fraction of sp³-hybridized carbons (Fsp3) is 0.933. The molecule has 0 radical (unpaired) electrons. The van der Waals surface area contributed by atoms with Crippen molar-refractivity contribution in [3.8, 4) is 0 Å². The van der Waals surface area contributed by atoms with E-state index in [1.165, 1.54) is 0 Å². The maximum atomic E-state index is 12.0. The molecule has 2 N–H and O–H groups in total. The Morgan fingerprint density at radius 1 is 1.33 bits per heavy atom. The lowest BCUT2D eigenvalue weighted by Crippen LogP contribution is -2.33. The lowest BCUT2D eigenvalue weighted by Gasteiger charge is -2.26. The fourth-order valence-electron chi connectivity index (χ4n) is 2.38. The summed E-state index contributed by atoms with van der Waals surface area (Å²) < 4.78 is 0. The number of nitrogens with two attached hydrogens (primary N) is 1. The highest BCUT2D eigenvalue weighted by atomic mass is 16.2. The molecular weight excluding hydrogens is 224 g/mol. The Labute approximate surface area is 112 Å². The molecule has 1 fully saturated rings. The number of carbonyl (C=O) groups is 1. The third-order valence-corrected chi connectivity index (χ3v) is 4.26. The van der Waals surface area contributed by atoms with Gasteiger partial charge in [-0.3, -0.25) is 4.79 Å². The summed E-state index contributed by atoms with van der Waals surface area (Å²) >= 11 is 0. The number of likely N-dealkylation sites (tertiary alicyclic amines) is 1. The summed E-state index contributed by atoms with van der Waals surface area (Å²) in [6.07, 6.45) is 5.02. The zero-order valence-corrected chi connectivity index (χ0v) is 12.6. The molecule has 106 valence electrons. The normalized spacial score (nSPS) is 20.9. The molecule has 0 bridgehead atoms. The van der Waals surface area contributed by atoms with Gasteiger partial charge in [0.15, 0.2) is 0 Å². The van der Waals surface area contributed by atoms with Crippen LogP contribution in [0.25, 0.3) is 0 Å². The van der Waals surface area contributed by atoms with Gasteiger partial charge in [-0.1, -0.05) is 27.7 Å². The fourth-order valence-corrected chi connectivity index (χ4v) is 2.38. The first kappa shape index (κ1) is 15.5. The van der Waals surface area contributed by atoms with Gasteiger partial charge in [-0.2, -0.15) is 0 Å². The number of carbonyl (C=O) groups excluding carboxylic acids is 1. The van der Waals surface area contributed by atoms with Gasteiger partial charge in [-0.25, -0.2) is 0 Å². The van der Waals surface area contributed by atoms with Crippen molar-refractivity contribution >= 4 is 5.91 Å². The van der Waals surface area contributed by atoms with Crippen LogP contribution in [0, 0.1) is 10.8 Å². The second kappa shape index (κ2) is 6.05. The van der Waals surface area contributed by atoms with Crippen LogP contribution in [0.2, 0.25) is 0 Å². The summed E-state index contributed by atoms with van der Waals surface area (Å²) in [5, 5.41) is 0. The topological polar surface area (TPSA) is 46.3 Å². The Morgan fingerprint density at radius 2 is 2.00 bits per heavy atom. The number of amides is 1. The lowest BCUT2D eigenvalue weighted by molar-refractivity contribution is -0.130. The second-order valence-electron chi connectivity index (χ2n) is 7.27. The van der Waals surface area contributed by atoms with Gasteiger partial charge in [0.1, 0.15) is 0 Å². The highest BCUT2D eigenvalue weighted by Gasteiger charge is 2.27. The molecule has 0 aromatic rings. The molecular formula is C15H30N2O. The predicted octanol–water partition coefficient (Wildman–Crippen LogP) is 2.79. The van der Waals surface area contributed by atoms with Crippen LogP contribution in [0.3, 0.4) is 0 Å². The Kier molecular flexibility index (Phi) is 5.20. The standard InChI is InChI=1S/C15H30N2O/c1-14(2)8-6-13(18)17(11-9-14)10-5-7-15(3,4)12-16/h5-12,16H2,1-4H3. The third kappa shape index (κ3) is 4.97. The van der Waals surface area contributed by atoms with Crippen LogP contribution in [-0.4, -0.2) is 30.4 Å². The van der Waals surface area contributed by atoms with Crippen molar-refractivity contribution in [1.29, 1.82) is 0 Å². The molecule has 1 aliphatic rings. The summed E-state index contributed by atoms with van der Waals surface area (Å²) in [4.78, 5) is 14.1. The Bertz CT molecular complexity index is 284. The van der Waals surface area contributed by atoms with E-state index in [9.17, 15) is 4.79 Å². The van der Waals surface area contributed by atoms with Crippen molar-refractivity contribution in [3.63, 3.8) is 0 Å². The van der Waals surface area contributed by atoms with E-state index in [2.05, 4.69) is 32.6 Å². The van der Waals surface area contributed by atoms with Gasteiger partial charge in [0.25, 0.3) is 0 Å². The quantitative estimate of drug-likeness (QED) is 0.820. The first-order valence-corrected chi connectivity index (χ1v) is 7.24. The number of hydrogen-bond acceptors (Lipinski definition) is 2. The Morgan fingerprint density at radius 3 is 2.61 bits per heavy atom. The van der Waals surface area contributed by atoms with Crippen molar-refractivity contribution in [1.82, 2.24) is 4.90 Å². The largest absolute Gasteiger partial charge is 0.343 e. The van der Waals surface area contributed by atoms with Gasteiger partial charge in [0, 0.05) is 19.5 Å². The van der Waals surface area contributed by atoms with Crippen LogP contribution in [0.4, 0.5) is 0 Å². The molecule has 1 saturated heterocycles. The van der Waals surface area contributed by atoms with Gasteiger partial charge in [0.2, 0.25) is 5.91 Å². The van der Waals surface area contributed by atoms with Crippen molar-refractivity contribution in [2.24, 2.45) is 16.6 Å². The van der Waals surface area contributed by atoms with E-state index >= 15 is 0 Å². The summed E-state index contributed by atoms with van der Waals surface area (Å²) in [5.41, 5.74) is 6.26. The molecule has 0 aromatic heterocycles. The van der Waals surface area contributed by atoms with Gasteiger partial charge >= 0.3 is 0 Å². The molecule has 18 heavy (non-hydrogen) atoms. The van der Waals surface area contributed by atoms with Crippen LogP contribution < -0.4 is 5.73 Å². The minimum Gasteiger partial charge on any atom is -0.343 e. The van der Waals surface area contributed by atoms with Gasteiger partial charge < -0.3 is 10.6 Å². The smallest absolute Gasteiger partial charge is 0.222 e.